The maximum atomic E-state index is 12.7. The normalized spacial score (nSPS) is 16.6. The largest absolute Gasteiger partial charge is 0.480 e. The fraction of sp³-hybridized carbons (Fsp3) is 0.545. The van der Waals surface area contributed by atoms with Crippen molar-refractivity contribution in [3.05, 3.63) is 35.9 Å². The van der Waals surface area contributed by atoms with Gasteiger partial charge < -0.3 is 37.0 Å². The van der Waals surface area contributed by atoms with Gasteiger partial charge in [0.25, 0.3) is 0 Å². The van der Waals surface area contributed by atoms with Crippen molar-refractivity contribution >= 4 is 23.7 Å². The van der Waals surface area contributed by atoms with Crippen LogP contribution in [0.3, 0.4) is 0 Å². The quantitative estimate of drug-likeness (QED) is 0.194. The number of benzene rings is 1. The van der Waals surface area contributed by atoms with Crippen LogP contribution < -0.4 is 21.7 Å². The Morgan fingerprint density at radius 3 is 1.70 bits per heavy atom. The molecule has 1 rings (SSSR count). The molecule has 1 aromatic rings. The Kier molecular flexibility index (Phi) is 10.9. The Morgan fingerprint density at radius 2 is 1.27 bits per heavy atom. The van der Waals surface area contributed by atoms with Gasteiger partial charge in [0, 0.05) is 6.42 Å². The third-order valence-corrected chi connectivity index (χ3v) is 5.04. The average molecular weight is 467 g/mol. The Morgan fingerprint density at radius 1 is 0.818 bits per heavy atom. The number of carbonyl (C=O) groups is 4. The fourth-order valence-corrected chi connectivity index (χ4v) is 2.92. The first-order valence-corrected chi connectivity index (χ1v) is 10.6. The lowest BCUT2D eigenvalue weighted by atomic mass is 10.0. The van der Waals surface area contributed by atoms with Crippen LogP contribution in [0.25, 0.3) is 0 Å². The van der Waals surface area contributed by atoms with Gasteiger partial charge in [0.15, 0.2) is 0 Å². The highest BCUT2D eigenvalue weighted by Crippen LogP contribution is 2.06. The molecule has 6 unspecified atom stereocenters. The maximum Gasteiger partial charge on any atom is 0.326 e. The van der Waals surface area contributed by atoms with Crippen LogP contribution in [0, 0.1) is 5.92 Å². The van der Waals surface area contributed by atoms with Gasteiger partial charge in [-0.25, -0.2) is 4.79 Å². The van der Waals surface area contributed by atoms with Gasteiger partial charge in [-0.1, -0.05) is 44.2 Å². The molecule has 0 radical (unpaired) electrons. The number of aliphatic carboxylic acids is 1. The first-order valence-electron chi connectivity index (χ1n) is 10.6. The molecule has 0 fully saturated rings. The molecule has 33 heavy (non-hydrogen) atoms. The summed E-state index contributed by atoms with van der Waals surface area (Å²) in [4.78, 5) is 49.3. The summed E-state index contributed by atoms with van der Waals surface area (Å²) >= 11 is 0. The van der Waals surface area contributed by atoms with Crippen LogP contribution in [0.4, 0.5) is 0 Å². The minimum absolute atomic E-state index is 0.0121. The number of carbonyl (C=O) groups excluding carboxylic acids is 3. The van der Waals surface area contributed by atoms with Crippen molar-refractivity contribution in [2.45, 2.75) is 70.5 Å². The van der Waals surface area contributed by atoms with E-state index in [0.717, 1.165) is 0 Å². The monoisotopic (exact) mass is 466 g/mol. The summed E-state index contributed by atoms with van der Waals surface area (Å²) in [5.74, 6) is -4.06. The van der Waals surface area contributed by atoms with Crippen LogP contribution in [0.5, 0.6) is 0 Å². The zero-order valence-corrected chi connectivity index (χ0v) is 19.2. The third kappa shape index (κ3) is 8.79. The molecule has 8 N–H and O–H groups in total. The molecular weight excluding hydrogens is 432 g/mol. The lowest BCUT2D eigenvalue weighted by Gasteiger charge is -2.28. The number of nitrogens with one attached hydrogen (secondary N) is 3. The van der Waals surface area contributed by atoms with E-state index in [4.69, 9.17) is 5.73 Å². The van der Waals surface area contributed by atoms with Gasteiger partial charge in [0.2, 0.25) is 17.7 Å². The first kappa shape index (κ1) is 28.0. The van der Waals surface area contributed by atoms with Gasteiger partial charge in [-0.3, -0.25) is 14.4 Å². The topological polar surface area (TPSA) is 191 Å². The van der Waals surface area contributed by atoms with Gasteiger partial charge >= 0.3 is 5.97 Å². The highest BCUT2D eigenvalue weighted by atomic mass is 16.4. The second-order valence-corrected chi connectivity index (χ2v) is 8.31. The molecule has 0 bridgehead atoms. The Bertz CT molecular complexity index is 814. The van der Waals surface area contributed by atoms with E-state index in [0.29, 0.717) is 5.56 Å². The van der Waals surface area contributed by atoms with Crippen molar-refractivity contribution in [3.8, 4) is 0 Å². The first-order chi connectivity index (χ1) is 15.3. The van der Waals surface area contributed by atoms with Crippen molar-refractivity contribution in [2.24, 2.45) is 11.7 Å². The smallest absolute Gasteiger partial charge is 0.326 e. The second kappa shape index (κ2) is 12.9. The van der Waals surface area contributed by atoms with Crippen molar-refractivity contribution in [1.82, 2.24) is 16.0 Å². The van der Waals surface area contributed by atoms with Crippen LogP contribution in [-0.2, 0) is 25.6 Å². The lowest BCUT2D eigenvalue weighted by Crippen LogP contribution is -2.62. The summed E-state index contributed by atoms with van der Waals surface area (Å²) in [5.41, 5.74) is 6.44. The van der Waals surface area contributed by atoms with Crippen molar-refractivity contribution in [2.75, 3.05) is 0 Å². The Hall–Kier alpha value is -3.02. The van der Waals surface area contributed by atoms with E-state index >= 15 is 0 Å². The number of aliphatic hydroxyl groups is 2. The van der Waals surface area contributed by atoms with Gasteiger partial charge in [0.1, 0.15) is 18.1 Å². The molecule has 184 valence electrons. The Labute approximate surface area is 192 Å². The SMILES string of the molecule is CC(C)C(N)C(=O)NC(C(=O)NC(C(=O)NC(Cc1ccccc1)C(=O)O)C(C)O)C(C)O. The average Bonchev–Trinajstić information content (AvgIpc) is 2.74. The number of carboxylic acids is 1. The lowest BCUT2D eigenvalue weighted by molar-refractivity contribution is -0.143. The van der Waals surface area contributed by atoms with E-state index in [1.165, 1.54) is 13.8 Å². The molecule has 0 heterocycles. The fourth-order valence-electron chi connectivity index (χ4n) is 2.92. The molecular formula is C22H34N4O7. The molecule has 0 spiro atoms. The summed E-state index contributed by atoms with van der Waals surface area (Å²) in [6.45, 7) is 5.93. The van der Waals surface area contributed by atoms with Crippen molar-refractivity contribution in [3.63, 3.8) is 0 Å². The zero-order valence-electron chi connectivity index (χ0n) is 19.2. The number of amides is 3. The summed E-state index contributed by atoms with van der Waals surface area (Å²) in [6, 6.07) is 3.40. The number of aliphatic hydroxyl groups excluding tert-OH is 2. The molecule has 0 aliphatic carbocycles. The molecule has 0 aliphatic heterocycles. The Balaban J connectivity index is 2.94. The number of rotatable bonds is 12. The van der Waals surface area contributed by atoms with E-state index in [-0.39, 0.29) is 12.3 Å². The van der Waals surface area contributed by atoms with Crippen LogP contribution in [0.15, 0.2) is 30.3 Å². The zero-order chi connectivity index (χ0) is 25.3. The molecule has 0 saturated heterocycles. The van der Waals surface area contributed by atoms with Gasteiger partial charge in [0.05, 0.1) is 18.2 Å². The molecule has 1 aromatic carbocycles. The minimum Gasteiger partial charge on any atom is -0.480 e. The summed E-state index contributed by atoms with van der Waals surface area (Å²) in [6.07, 6.45) is -2.75. The van der Waals surface area contributed by atoms with E-state index in [2.05, 4.69) is 16.0 Å². The molecule has 0 aromatic heterocycles. The second-order valence-electron chi connectivity index (χ2n) is 8.31. The van der Waals surface area contributed by atoms with Crippen LogP contribution >= 0.6 is 0 Å². The van der Waals surface area contributed by atoms with Gasteiger partial charge in [-0.2, -0.15) is 0 Å². The van der Waals surface area contributed by atoms with E-state index in [1.807, 2.05) is 0 Å². The molecule has 0 saturated carbocycles. The third-order valence-electron chi connectivity index (χ3n) is 5.04. The van der Waals surface area contributed by atoms with Crippen molar-refractivity contribution < 1.29 is 34.5 Å². The molecule has 11 heteroatoms. The predicted octanol–water partition coefficient (Wildman–Crippen LogP) is -1.49. The summed E-state index contributed by atoms with van der Waals surface area (Å²) < 4.78 is 0. The number of hydrogen-bond donors (Lipinski definition) is 7. The van der Waals surface area contributed by atoms with Crippen LogP contribution in [0.1, 0.15) is 33.3 Å². The predicted molar refractivity (Wildman–Crippen MR) is 120 cm³/mol. The molecule has 0 aliphatic rings. The van der Waals surface area contributed by atoms with E-state index < -0.39 is 60.1 Å². The van der Waals surface area contributed by atoms with Crippen molar-refractivity contribution in [1.29, 1.82) is 0 Å². The highest BCUT2D eigenvalue weighted by Gasteiger charge is 2.34. The molecule has 6 atom stereocenters. The van der Waals surface area contributed by atoms with Gasteiger partial charge in [-0.15, -0.1) is 0 Å². The summed E-state index contributed by atoms with van der Waals surface area (Å²) in [7, 11) is 0. The molecule has 11 nitrogen and oxygen atoms in total. The summed E-state index contributed by atoms with van der Waals surface area (Å²) in [5, 5.41) is 36.4. The standard InChI is InChI=1S/C22H34N4O7/c1-11(2)16(23)19(29)25-18(13(4)28)21(31)26-17(12(3)27)20(30)24-15(22(32)33)10-14-8-6-5-7-9-14/h5-9,11-13,15-18,27-28H,10,23H2,1-4H3,(H,24,30)(H,25,29)(H,26,31)(H,32,33). The molecule has 3 amide bonds. The van der Waals surface area contributed by atoms with E-state index in [1.54, 1.807) is 44.2 Å². The van der Waals surface area contributed by atoms with Crippen LogP contribution in [0.2, 0.25) is 0 Å². The maximum absolute atomic E-state index is 12.7. The number of carboxylic acid groups (broad SMARTS) is 1. The van der Waals surface area contributed by atoms with E-state index in [9.17, 15) is 34.5 Å². The number of nitrogens with two attached hydrogens (primary N) is 1. The number of hydrogen-bond acceptors (Lipinski definition) is 7. The minimum atomic E-state index is -1.54. The van der Waals surface area contributed by atoms with Crippen LogP contribution in [-0.4, -0.2) is 75.4 Å². The highest BCUT2D eigenvalue weighted by molar-refractivity contribution is 5.94. The van der Waals surface area contributed by atoms with Gasteiger partial charge in [-0.05, 0) is 25.3 Å².